The Morgan fingerprint density at radius 3 is 2.50 bits per heavy atom. The molecule has 0 heterocycles. The molecule has 7 heteroatoms. The Kier molecular flexibility index (Phi) is 6.97. The van der Waals surface area contributed by atoms with E-state index in [9.17, 15) is 14.0 Å². The second-order valence-corrected chi connectivity index (χ2v) is 6.27. The van der Waals surface area contributed by atoms with Crippen LogP contribution >= 0.6 is 11.6 Å². The van der Waals surface area contributed by atoms with Crippen molar-refractivity contribution in [2.75, 3.05) is 13.1 Å². The van der Waals surface area contributed by atoms with Crippen molar-refractivity contribution in [2.45, 2.75) is 19.9 Å². The highest BCUT2D eigenvalue weighted by molar-refractivity contribution is 6.31. The molecule has 0 aromatic heterocycles. The van der Waals surface area contributed by atoms with Gasteiger partial charge in [-0.1, -0.05) is 35.9 Å². The molecule has 0 bridgehead atoms. The molecule has 5 nitrogen and oxygen atoms in total. The summed E-state index contributed by atoms with van der Waals surface area (Å²) in [6, 6.07) is 10.9. The Morgan fingerprint density at radius 1 is 1.12 bits per heavy atom. The van der Waals surface area contributed by atoms with Crippen molar-refractivity contribution in [3.63, 3.8) is 0 Å². The predicted molar refractivity (Wildman–Crippen MR) is 99.9 cm³/mol. The van der Waals surface area contributed by atoms with Gasteiger partial charge in [-0.2, -0.15) is 0 Å². The van der Waals surface area contributed by atoms with E-state index in [0.717, 1.165) is 5.56 Å². The maximum atomic E-state index is 13.5. The number of benzene rings is 2. The lowest BCUT2D eigenvalue weighted by Crippen LogP contribution is -2.41. The van der Waals surface area contributed by atoms with E-state index in [1.165, 1.54) is 6.07 Å². The smallest absolute Gasteiger partial charge is 0.315 e. The normalized spacial score (nSPS) is 11.5. The Bertz CT molecular complexity index is 798. The van der Waals surface area contributed by atoms with Crippen LogP contribution in [0.4, 0.5) is 9.18 Å². The second-order valence-electron chi connectivity index (χ2n) is 5.86. The van der Waals surface area contributed by atoms with Crippen molar-refractivity contribution in [1.82, 2.24) is 16.0 Å². The van der Waals surface area contributed by atoms with Gasteiger partial charge in [0.1, 0.15) is 5.82 Å². The number of carbonyl (C=O) groups is 2. The van der Waals surface area contributed by atoms with Gasteiger partial charge in [0.2, 0.25) is 0 Å². The number of halogens is 2. The number of rotatable bonds is 6. The van der Waals surface area contributed by atoms with Crippen LogP contribution in [0.25, 0.3) is 0 Å². The van der Waals surface area contributed by atoms with E-state index in [4.69, 9.17) is 11.6 Å². The predicted octanol–water partition coefficient (Wildman–Crippen LogP) is 3.58. The molecule has 0 fully saturated rings. The molecule has 1 atom stereocenters. The van der Waals surface area contributed by atoms with E-state index in [1.807, 2.05) is 25.1 Å². The molecule has 3 N–H and O–H groups in total. The molecule has 26 heavy (non-hydrogen) atoms. The molecule has 3 amide bonds. The molecule has 0 aliphatic heterocycles. The number of aryl methyl sites for hydroxylation is 1. The lowest BCUT2D eigenvalue weighted by atomic mass is 10.1. The van der Waals surface area contributed by atoms with Crippen molar-refractivity contribution >= 4 is 23.5 Å². The third-order valence-corrected chi connectivity index (χ3v) is 4.19. The van der Waals surface area contributed by atoms with Gasteiger partial charge in [-0.15, -0.1) is 0 Å². The van der Waals surface area contributed by atoms with Crippen LogP contribution in [-0.4, -0.2) is 25.0 Å². The number of nitrogens with one attached hydrogen (secondary N) is 3. The Labute approximate surface area is 156 Å². The monoisotopic (exact) mass is 377 g/mol. The van der Waals surface area contributed by atoms with Crippen LogP contribution in [0.2, 0.25) is 5.02 Å². The van der Waals surface area contributed by atoms with E-state index < -0.39 is 11.7 Å². The van der Waals surface area contributed by atoms with Crippen LogP contribution in [0, 0.1) is 12.7 Å². The summed E-state index contributed by atoms with van der Waals surface area (Å²) in [5.74, 6) is -0.820. The van der Waals surface area contributed by atoms with Gasteiger partial charge < -0.3 is 16.0 Å². The molecule has 2 rings (SSSR count). The molecule has 0 saturated carbocycles. The third kappa shape index (κ3) is 5.46. The zero-order chi connectivity index (χ0) is 19.1. The molecule has 0 radical (unpaired) electrons. The maximum absolute atomic E-state index is 13.5. The standard InChI is InChI=1S/C19H21ClFN3O2/c1-12-7-8-14(11-17(12)21)18(25)22-9-10-23-19(26)24-13(2)15-5-3-4-6-16(15)20/h3-8,11,13H,9-10H2,1-2H3,(H,22,25)(H2,23,24,26). The van der Waals surface area contributed by atoms with E-state index in [0.29, 0.717) is 10.6 Å². The Balaban J connectivity index is 1.73. The van der Waals surface area contributed by atoms with E-state index >= 15 is 0 Å². The summed E-state index contributed by atoms with van der Waals surface area (Å²) in [5, 5.41) is 8.63. The Morgan fingerprint density at radius 2 is 1.81 bits per heavy atom. The van der Waals surface area contributed by atoms with Gasteiger partial charge in [-0.05, 0) is 43.2 Å². The SMILES string of the molecule is Cc1ccc(C(=O)NCCNC(=O)NC(C)c2ccccc2Cl)cc1F. The fourth-order valence-corrected chi connectivity index (χ4v) is 2.64. The van der Waals surface area contributed by atoms with E-state index in [2.05, 4.69) is 16.0 Å². The van der Waals surface area contributed by atoms with Crippen LogP contribution in [0.3, 0.4) is 0 Å². The molecule has 1 unspecified atom stereocenters. The molecule has 138 valence electrons. The largest absolute Gasteiger partial charge is 0.350 e. The van der Waals surface area contributed by atoms with Crippen molar-refractivity contribution < 1.29 is 14.0 Å². The minimum atomic E-state index is -0.427. The number of carbonyl (C=O) groups excluding carboxylic acids is 2. The maximum Gasteiger partial charge on any atom is 0.315 e. The zero-order valence-electron chi connectivity index (χ0n) is 14.6. The van der Waals surface area contributed by atoms with Crippen molar-refractivity contribution in [3.05, 3.63) is 70.0 Å². The summed E-state index contributed by atoms with van der Waals surface area (Å²) in [5.41, 5.74) is 1.54. The quantitative estimate of drug-likeness (QED) is 0.673. The summed E-state index contributed by atoms with van der Waals surface area (Å²) in [6.45, 7) is 3.92. The van der Waals surface area contributed by atoms with E-state index in [1.54, 1.807) is 25.1 Å². The van der Waals surface area contributed by atoms with Crippen LogP contribution < -0.4 is 16.0 Å². The number of amides is 3. The first-order chi connectivity index (χ1) is 12.4. The molecule has 0 spiro atoms. The van der Waals surface area contributed by atoms with Crippen LogP contribution in [0.15, 0.2) is 42.5 Å². The minimum Gasteiger partial charge on any atom is -0.350 e. The zero-order valence-corrected chi connectivity index (χ0v) is 15.4. The van der Waals surface area contributed by atoms with Gasteiger partial charge in [0.25, 0.3) is 5.91 Å². The highest BCUT2D eigenvalue weighted by Gasteiger charge is 2.12. The summed E-state index contributed by atoms with van der Waals surface area (Å²) >= 11 is 6.10. The molecule has 0 aliphatic rings. The molecular formula is C19H21ClFN3O2. The highest BCUT2D eigenvalue weighted by Crippen LogP contribution is 2.21. The lowest BCUT2D eigenvalue weighted by Gasteiger charge is -2.16. The van der Waals surface area contributed by atoms with Gasteiger partial charge in [0, 0.05) is 23.7 Å². The second kappa shape index (κ2) is 9.20. The third-order valence-electron chi connectivity index (χ3n) is 3.85. The Hall–Kier alpha value is -2.60. The molecular weight excluding hydrogens is 357 g/mol. The number of hydrogen-bond acceptors (Lipinski definition) is 2. The van der Waals surface area contributed by atoms with Crippen molar-refractivity contribution in [1.29, 1.82) is 0 Å². The van der Waals surface area contributed by atoms with Crippen LogP contribution in [0.1, 0.15) is 34.5 Å². The first kappa shape index (κ1) is 19.7. The minimum absolute atomic E-state index is 0.224. The first-order valence-electron chi connectivity index (χ1n) is 8.21. The lowest BCUT2D eigenvalue weighted by molar-refractivity contribution is 0.0953. The average Bonchev–Trinajstić information content (AvgIpc) is 2.61. The fraction of sp³-hybridized carbons (Fsp3) is 0.263. The summed E-state index contributed by atoms with van der Waals surface area (Å²) in [4.78, 5) is 23.8. The summed E-state index contributed by atoms with van der Waals surface area (Å²) in [6.07, 6.45) is 0. The van der Waals surface area contributed by atoms with Crippen LogP contribution in [0.5, 0.6) is 0 Å². The highest BCUT2D eigenvalue weighted by atomic mass is 35.5. The van der Waals surface area contributed by atoms with Crippen molar-refractivity contribution in [3.8, 4) is 0 Å². The van der Waals surface area contributed by atoms with Gasteiger partial charge in [-0.25, -0.2) is 9.18 Å². The average molecular weight is 378 g/mol. The first-order valence-corrected chi connectivity index (χ1v) is 8.59. The fourth-order valence-electron chi connectivity index (χ4n) is 2.34. The van der Waals surface area contributed by atoms with Gasteiger partial charge in [0.05, 0.1) is 6.04 Å². The summed E-state index contributed by atoms with van der Waals surface area (Å²) in [7, 11) is 0. The summed E-state index contributed by atoms with van der Waals surface area (Å²) < 4.78 is 13.5. The van der Waals surface area contributed by atoms with Crippen LogP contribution in [-0.2, 0) is 0 Å². The molecule has 0 aliphatic carbocycles. The van der Waals surface area contributed by atoms with Gasteiger partial charge >= 0.3 is 6.03 Å². The molecule has 2 aromatic carbocycles. The van der Waals surface area contributed by atoms with Gasteiger partial charge in [0.15, 0.2) is 0 Å². The van der Waals surface area contributed by atoms with Crippen molar-refractivity contribution in [2.24, 2.45) is 0 Å². The number of hydrogen-bond donors (Lipinski definition) is 3. The molecule has 0 saturated heterocycles. The van der Waals surface area contributed by atoms with E-state index in [-0.39, 0.29) is 30.7 Å². The topological polar surface area (TPSA) is 70.2 Å². The van der Waals surface area contributed by atoms with Gasteiger partial charge in [-0.3, -0.25) is 4.79 Å². The number of urea groups is 1. The molecule has 2 aromatic rings.